The molecule has 1 aliphatic carbocycles. The molecule has 12 rings (SSSR count). The summed E-state index contributed by atoms with van der Waals surface area (Å²) in [5.41, 5.74) is 15.9. The number of hydrogen-bond donors (Lipinski definition) is 0. The van der Waals surface area contributed by atoms with Crippen LogP contribution in [0, 0.1) is 0 Å². The van der Waals surface area contributed by atoms with Crippen LogP contribution in [0.2, 0.25) is 0 Å². The van der Waals surface area contributed by atoms with Crippen LogP contribution in [0.5, 0.6) is 0 Å². The Hall–Kier alpha value is -7.42. The third kappa shape index (κ3) is 4.72. The van der Waals surface area contributed by atoms with E-state index in [4.69, 9.17) is 0 Å². The summed E-state index contributed by atoms with van der Waals surface area (Å²) in [4.78, 5) is 4.92. The Kier molecular flexibility index (Phi) is 7.09. The van der Waals surface area contributed by atoms with Gasteiger partial charge in [-0.3, -0.25) is 0 Å². The Bertz CT molecular complexity index is 3260. The molecule has 0 saturated heterocycles. The minimum Gasteiger partial charge on any atom is -0.310 e. The minimum atomic E-state index is -0.323. The second-order valence-corrected chi connectivity index (χ2v) is 15.8. The third-order valence-corrected chi connectivity index (χ3v) is 12.8. The van der Waals surface area contributed by atoms with Crippen LogP contribution in [0.4, 0.5) is 34.1 Å². The summed E-state index contributed by atoms with van der Waals surface area (Å²) >= 11 is 0. The average Bonchev–Trinajstić information content (AvgIpc) is 3.56. The molecule has 58 heavy (non-hydrogen) atoms. The van der Waals surface area contributed by atoms with E-state index in [-0.39, 0.29) is 5.41 Å². The van der Waals surface area contributed by atoms with Crippen molar-refractivity contribution in [3.8, 4) is 22.3 Å². The molecule has 1 aliphatic heterocycles. The van der Waals surface area contributed by atoms with Crippen molar-refractivity contribution in [2.45, 2.75) is 12.3 Å². The molecule has 0 aromatic heterocycles. The maximum absolute atomic E-state index is 2.52. The predicted molar refractivity (Wildman–Crippen MR) is 245 cm³/mol. The Labute approximate surface area is 338 Å². The summed E-state index contributed by atoms with van der Waals surface area (Å²) < 4.78 is 0. The number of benzene rings is 10. The summed E-state index contributed by atoms with van der Waals surface area (Å²) in [5.74, 6) is 0. The van der Waals surface area contributed by atoms with Gasteiger partial charge in [0, 0.05) is 27.6 Å². The van der Waals surface area contributed by atoms with E-state index in [1.165, 1.54) is 88.3 Å². The Morgan fingerprint density at radius 1 is 0.379 bits per heavy atom. The Balaban J connectivity index is 1.03. The maximum Gasteiger partial charge on any atom is 0.0540 e. The summed E-state index contributed by atoms with van der Waals surface area (Å²) in [6, 6.07) is 78.3. The van der Waals surface area contributed by atoms with Crippen molar-refractivity contribution in [1.29, 1.82) is 0 Å². The molecule has 0 radical (unpaired) electrons. The van der Waals surface area contributed by atoms with Crippen LogP contribution >= 0.6 is 0 Å². The quantitative estimate of drug-likeness (QED) is 0.173. The van der Waals surface area contributed by atoms with Crippen LogP contribution in [0.25, 0.3) is 54.6 Å². The highest BCUT2D eigenvalue weighted by Crippen LogP contribution is 2.63. The molecule has 2 aliphatic rings. The van der Waals surface area contributed by atoms with Crippen LogP contribution in [-0.4, -0.2) is 0 Å². The lowest BCUT2D eigenvalue weighted by Crippen LogP contribution is -2.32. The summed E-state index contributed by atoms with van der Waals surface area (Å²) in [6.45, 7) is 2.44. The highest BCUT2D eigenvalue weighted by molar-refractivity contribution is 6.05. The first-order chi connectivity index (χ1) is 28.6. The van der Waals surface area contributed by atoms with Crippen molar-refractivity contribution in [3.05, 3.63) is 229 Å². The highest BCUT2D eigenvalue weighted by atomic mass is 15.2. The van der Waals surface area contributed by atoms with Crippen LogP contribution in [0.15, 0.2) is 212 Å². The third-order valence-electron chi connectivity index (χ3n) is 12.8. The molecule has 0 bridgehead atoms. The summed E-state index contributed by atoms with van der Waals surface area (Å²) in [7, 11) is 0. The smallest absolute Gasteiger partial charge is 0.0540 e. The first-order valence-corrected chi connectivity index (χ1v) is 20.2. The van der Waals surface area contributed by atoms with E-state index < -0.39 is 0 Å². The van der Waals surface area contributed by atoms with Gasteiger partial charge in [-0.2, -0.15) is 0 Å². The molecule has 1 unspecified atom stereocenters. The molecule has 2 heteroatoms. The number of hydrogen-bond acceptors (Lipinski definition) is 2. The number of nitrogens with zero attached hydrogens (tertiary/aromatic N) is 2. The summed E-state index contributed by atoms with van der Waals surface area (Å²) in [5, 5.41) is 7.38. The second-order valence-electron chi connectivity index (χ2n) is 15.8. The van der Waals surface area contributed by atoms with Gasteiger partial charge in [-0.05, 0) is 122 Å². The predicted octanol–water partition coefficient (Wildman–Crippen LogP) is 15.4. The van der Waals surface area contributed by atoms with Gasteiger partial charge in [-0.1, -0.05) is 158 Å². The topological polar surface area (TPSA) is 6.48 Å². The first kappa shape index (κ1) is 32.8. The lowest BCUT2D eigenvalue weighted by Gasteiger charge is -2.43. The zero-order chi connectivity index (χ0) is 38.4. The molecule has 0 amide bonds. The fourth-order valence-electron chi connectivity index (χ4n) is 10.1. The first-order valence-electron chi connectivity index (χ1n) is 20.2. The fourth-order valence-corrected chi connectivity index (χ4v) is 10.1. The van der Waals surface area contributed by atoms with Crippen LogP contribution in [0.1, 0.15) is 23.6 Å². The van der Waals surface area contributed by atoms with Crippen LogP contribution in [0.3, 0.4) is 0 Å². The van der Waals surface area contributed by atoms with E-state index in [1.54, 1.807) is 0 Å². The van der Waals surface area contributed by atoms with Crippen LogP contribution in [-0.2, 0) is 5.41 Å². The minimum absolute atomic E-state index is 0.323. The molecule has 0 spiro atoms. The number of rotatable bonds is 5. The van der Waals surface area contributed by atoms with Gasteiger partial charge in [-0.25, -0.2) is 0 Å². The standard InChI is InChI=1S/C56H38N2/c1-56-49-23-9-8-21-47(49)48-22-12-26-54(55(48)56)58(52-25-11-18-40-15-5-7-20-46(40)52)53-34-30-42(36-50(53)56)38-27-31-43(32-28-38)57(44-33-29-37-13-2-3-16-41(37)35-44)51-24-10-17-39-14-4-6-19-45(39)51/h2-36H,1H3. The molecular weight excluding hydrogens is 701 g/mol. The van der Waals surface area contributed by atoms with Crippen molar-refractivity contribution in [3.63, 3.8) is 0 Å². The molecule has 0 saturated carbocycles. The normalized spacial score (nSPS) is 15.0. The molecule has 0 N–H and O–H groups in total. The molecule has 272 valence electrons. The van der Waals surface area contributed by atoms with Crippen molar-refractivity contribution in [2.24, 2.45) is 0 Å². The van der Waals surface area contributed by atoms with Crippen LogP contribution < -0.4 is 9.80 Å². The van der Waals surface area contributed by atoms with E-state index in [1.807, 2.05) is 0 Å². The van der Waals surface area contributed by atoms with E-state index >= 15 is 0 Å². The van der Waals surface area contributed by atoms with Gasteiger partial charge < -0.3 is 9.80 Å². The monoisotopic (exact) mass is 738 g/mol. The van der Waals surface area contributed by atoms with E-state index in [9.17, 15) is 0 Å². The van der Waals surface area contributed by atoms with Crippen molar-refractivity contribution in [2.75, 3.05) is 9.80 Å². The lowest BCUT2D eigenvalue weighted by atomic mass is 9.70. The molecule has 1 heterocycles. The lowest BCUT2D eigenvalue weighted by molar-refractivity contribution is 0.702. The number of fused-ring (bicyclic) bond motifs is 8. The zero-order valence-electron chi connectivity index (χ0n) is 32.1. The van der Waals surface area contributed by atoms with E-state index in [0.717, 1.165) is 17.1 Å². The van der Waals surface area contributed by atoms with Gasteiger partial charge in [0.25, 0.3) is 0 Å². The summed E-state index contributed by atoms with van der Waals surface area (Å²) in [6.07, 6.45) is 0. The molecule has 10 aromatic rings. The van der Waals surface area contributed by atoms with E-state index in [0.29, 0.717) is 0 Å². The number of anilines is 6. The van der Waals surface area contributed by atoms with Crippen molar-refractivity contribution in [1.82, 2.24) is 0 Å². The maximum atomic E-state index is 2.52. The van der Waals surface area contributed by atoms with E-state index in [2.05, 4.69) is 229 Å². The molecular formula is C56H38N2. The van der Waals surface area contributed by atoms with Gasteiger partial charge >= 0.3 is 0 Å². The molecule has 0 fully saturated rings. The Morgan fingerprint density at radius 2 is 0.983 bits per heavy atom. The average molecular weight is 739 g/mol. The van der Waals surface area contributed by atoms with Gasteiger partial charge in [-0.15, -0.1) is 0 Å². The second kappa shape index (κ2) is 12.5. The Morgan fingerprint density at radius 3 is 1.83 bits per heavy atom. The van der Waals surface area contributed by atoms with Gasteiger partial charge in [0.1, 0.15) is 0 Å². The van der Waals surface area contributed by atoms with Gasteiger partial charge in [0.05, 0.1) is 22.7 Å². The highest BCUT2D eigenvalue weighted by Gasteiger charge is 2.48. The fraction of sp³-hybridized carbons (Fsp3) is 0.0357. The molecule has 2 nitrogen and oxygen atoms in total. The van der Waals surface area contributed by atoms with Crippen molar-refractivity contribution >= 4 is 66.4 Å². The van der Waals surface area contributed by atoms with Crippen molar-refractivity contribution < 1.29 is 0 Å². The molecule has 10 aromatic carbocycles. The largest absolute Gasteiger partial charge is 0.310 e. The SMILES string of the molecule is CC12c3ccccc3-c3cccc(c31)N(c1cccc3ccccc13)c1ccc(-c3ccc(N(c4ccc5ccccc5c4)c4cccc5ccccc45)cc3)cc12. The van der Waals surface area contributed by atoms with Gasteiger partial charge in [0.2, 0.25) is 0 Å². The molecule has 1 atom stereocenters. The zero-order valence-corrected chi connectivity index (χ0v) is 32.1. The van der Waals surface area contributed by atoms with Gasteiger partial charge in [0.15, 0.2) is 0 Å².